The van der Waals surface area contributed by atoms with Crippen LogP contribution in [-0.4, -0.2) is 43.1 Å². The highest BCUT2D eigenvalue weighted by atomic mass is 127. The van der Waals surface area contributed by atoms with Gasteiger partial charge in [-0.3, -0.25) is 4.79 Å². The Hall–Kier alpha value is -1.31. The number of likely N-dealkylation sites (tertiary alicyclic amines) is 1. The Bertz CT molecular complexity index is 546. The average Bonchev–Trinajstić information content (AvgIpc) is 2.96. The van der Waals surface area contributed by atoms with Crippen LogP contribution in [0.4, 0.5) is 0 Å². The number of halogens is 1. The standard InChI is InChI=1S/C15H18INO4/c1-3-21-15(19)12-5-4-8-17(12)14(18)10-6-7-13(20-2)11(16)9-10/h6-7,9,12H,3-5,8H2,1-2H3/t12-/m1/s1. The van der Waals surface area contributed by atoms with Crippen molar-refractivity contribution in [2.24, 2.45) is 0 Å². The average molecular weight is 403 g/mol. The first kappa shape index (κ1) is 16.1. The highest BCUT2D eigenvalue weighted by Gasteiger charge is 2.35. The lowest BCUT2D eigenvalue weighted by molar-refractivity contribution is -0.147. The zero-order valence-corrected chi connectivity index (χ0v) is 14.3. The fourth-order valence-corrected chi connectivity index (χ4v) is 3.19. The number of ether oxygens (including phenoxy) is 2. The SMILES string of the molecule is CCOC(=O)[C@H]1CCCN1C(=O)c1ccc(OC)c(I)c1. The van der Waals surface area contributed by atoms with Gasteiger partial charge in [0.15, 0.2) is 0 Å². The van der Waals surface area contributed by atoms with E-state index >= 15 is 0 Å². The van der Waals surface area contributed by atoms with Gasteiger partial charge in [-0.05, 0) is 60.6 Å². The van der Waals surface area contributed by atoms with Crippen LogP contribution in [0.3, 0.4) is 0 Å². The summed E-state index contributed by atoms with van der Waals surface area (Å²) in [5, 5.41) is 0. The number of hydrogen-bond donors (Lipinski definition) is 0. The Kier molecular flexibility index (Phi) is 5.44. The number of benzene rings is 1. The highest BCUT2D eigenvalue weighted by Crippen LogP contribution is 2.25. The Morgan fingerprint density at radius 3 is 2.81 bits per heavy atom. The van der Waals surface area contributed by atoms with E-state index in [9.17, 15) is 9.59 Å². The number of esters is 1. The van der Waals surface area contributed by atoms with Crippen LogP contribution in [0.1, 0.15) is 30.1 Å². The second-order valence-electron chi connectivity index (χ2n) is 4.76. The number of carbonyl (C=O) groups is 2. The molecule has 114 valence electrons. The van der Waals surface area contributed by atoms with Crippen molar-refractivity contribution in [1.82, 2.24) is 4.90 Å². The van der Waals surface area contributed by atoms with Crippen LogP contribution >= 0.6 is 22.6 Å². The maximum absolute atomic E-state index is 12.6. The van der Waals surface area contributed by atoms with Crippen LogP contribution in [0.2, 0.25) is 0 Å². The minimum Gasteiger partial charge on any atom is -0.496 e. The van der Waals surface area contributed by atoms with Gasteiger partial charge in [-0.1, -0.05) is 0 Å². The van der Waals surface area contributed by atoms with Gasteiger partial charge in [0, 0.05) is 12.1 Å². The Morgan fingerprint density at radius 2 is 2.19 bits per heavy atom. The largest absolute Gasteiger partial charge is 0.496 e. The maximum Gasteiger partial charge on any atom is 0.328 e. The molecule has 0 N–H and O–H groups in total. The molecule has 1 fully saturated rings. The molecule has 1 aromatic carbocycles. The van der Waals surface area contributed by atoms with Crippen molar-refractivity contribution in [2.75, 3.05) is 20.3 Å². The summed E-state index contributed by atoms with van der Waals surface area (Å²) in [6, 6.07) is 4.81. The van der Waals surface area contributed by atoms with Crippen LogP contribution in [0.5, 0.6) is 5.75 Å². The zero-order valence-electron chi connectivity index (χ0n) is 12.1. The molecule has 6 heteroatoms. The third-order valence-electron chi connectivity index (χ3n) is 3.47. The van der Waals surface area contributed by atoms with E-state index in [4.69, 9.17) is 9.47 Å². The van der Waals surface area contributed by atoms with E-state index in [1.165, 1.54) is 0 Å². The number of amides is 1. The Balaban J connectivity index is 2.18. The van der Waals surface area contributed by atoms with E-state index in [1.54, 1.807) is 37.1 Å². The normalized spacial score (nSPS) is 17.7. The zero-order chi connectivity index (χ0) is 15.4. The van der Waals surface area contributed by atoms with Crippen molar-refractivity contribution in [3.63, 3.8) is 0 Å². The quantitative estimate of drug-likeness (QED) is 0.573. The number of carbonyl (C=O) groups excluding carboxylic acids is 2. The molecule has 0 spiro atoms. The lowest BCUT2D eigenvalue weighted by Gasteiger charge is -2.23. The minimum absolute atomic E-state index is 0.133. The molecule has 1 heterocycles. The summed E-state index contributed by atoms with van der Waals surface area (Å²) in [7, 11) is 1.59. The smallest absolute Gasteiger partial charge is 0.328 e. The molecule has 21 heavy (non-hydrogen) atoms. The van der Waals surface area contributed by atoms with Crippen molar-refractivity contribution in [1.29, 1.82) is 0 Å². The second kappa shape index (κ2) is 7.11. The molecule has 1 saturated heterocycles. The molecule has 1 aliphatic rings. The third-order valence-corrected chi connectivity index (χ3v) is 4.31. The van der Waals surface area contributed by atoms with Crippen LogP contribution in [-0.2, 0) is 9.53 Å². The highest BCUT2D eigenvalue weighted by molar-refractivity contribution is 14.1. The molecule has 1 atom stereocenters. The Morgan fingerprint density at radius 1 is 1.43 bits per heavy atom. The molecule has 0 unspecified atom stereocenters. The van der Waals surface area contributed by atoms with E-state index in [2.05, 4.69) is 22.6 Å². The second-order valence-corrected chi connectivity index (χ2v) is 5.92. The predicted octanol–water partition coefficient (Wildman–Crippen LogP) is 2.47. The van der Waals surface area contributed by atoms with E-state index in [0.717, 1.165) is 15.7 Å². The summed E-state index contributed by atoms with van der Waals surface area (Å²) in [5.41, 5.74) is 0.566. The fraction of sp³-hybridized carbons (Fsp3) is 0.467. The molecule has 0 saturated carbocycles. The van der Waals surface area contributed by atoms with Crippen LogP contribution in [0, 0.1) is 3.57 Å². The summed E-state index contributed by atoms with van der Waals surface area (Å²) in [5.74, 6) is 0.285. The molecule has 0 radical (unpaired) electrons. The van der Waals surface area contributed by atoms with Crippen LogP contribution in [0.15, 0.2) is 18.2 Å². The topological polar surface area (TPSA) is 55.8 Å². The van der Waals surface area contributed by atoms with Gasteiger partial charge in [0.1, 0.15) is 11.8 Å². The molecule has 0 bridgehead atoms. The first-order valence-electron chi connectivity index (χ1n) is 6.89. The first-order valence-corrected chi connectivity index (χ1v) is 7.97. The molecule has 1 amide bonds. The van der Waals surface area contributed by atoms with Crippen molar-refractivity contribution in [2.45, 2.75) is 25.8 Å². The van der Waals surface area contributed by atoms with E-state index in [0.29, 0.717) is 25.1 Å². The van der Waals surface area contributed by atoms with Gasteiger partial charge in [0.25, 0.3) is 5.91 Å². The van der Waals surface area contributed by atoms with Crippen molar-refractivity contribution in [3.05, 3.63) is 27.3 Å². The molecular weight excluding hydrogens is 385 g/mol. The van der Waals surface area contributed by atoms with Crippen molar-refractivity contribution >= 4 is 34.5 Å². The van der Waals surface area contributed by atoms with Gasteiger partial charge in [-0.2, -0.15) is 0 Å². The van der Waals surface area contributed by atoms with Gasteiger partial charge in [0.2, 0.25) is 0 Å². The summed E-state index contributed by atoms with van der Waals surface area (Å²) < 4.78 is 11.1. The molecule has 2 rings (SSSR count). The molecule has 5 nitrogen and oxygen atoms in total. The number of rotatable bonds is 4. The monoisotopic (exact) mass is 403 g/mol. The Labute approximate surface area is 137 Å². The maximum atomic E-state index is 12.6. The van der Waals surface area contributed by atoms with Crippen molar-refractivity contribution in [3.8, 4) is 5.75 Å². The van der Waals surface area contributed by atoms with Gasteiger partial charge >= 0.3 is 5.97 Å². The fourth-order valence-electron chi connectivity index (χ4n) is 2.46. The van der Waals surface area contributed by atoms with E-state index < -0.39 is 6.04 Å². The van der Waals surface area contributed by atoms with Gasteiger partial charge < -0.3 is 14.4 Å². The summed E-state index contributed by atoms with van der Waals surface area (Å²) in [4.78, 5) is 26.1. The lowest BCUT2D eigenvalue weighted by Crippen LogP contribution is -2.41. The third kappa shape index (κ3) is 3.48. The van der Waals surface area contributed by atoms with E-state index in [-0.39, 0.29) is 11.9 Å². The minimum atomic E-state index is -0.461. The van der Waals surface area contributed by atoms with Gasteiger partial charge in [-0.15, -0.1) is 0 Å². The van der Waals surface area contributed by atoms with Gasteiger partial charge in [0.05, 0.1) is 17.3 Å². The molecule has 0 aromatic heterocycles. The summed E-state index contributed by atoms with van der Waals surface area (Å²) >= 11 is 2.13. The summed E-state index contributed by atoms with van der Waals surface area (Å²) in [6.45, 7) is 2.69. The van der Waals surface area contributed by atoms with Crippen LogP contribution in [0.25, 0.3) is 0 Å². The van der Waals surface area contributed by atoms with Crippen LogP contribution < -0.4 is 4.74 Å². The number of hydrogen-bond acceptors (Lipinski definition) is 4. The van der Waals surface area contributed by atoms with Gasteiger partial charge in [-0.25, -0.2) is 4.79 Å². The number of methoxy groups -OCH3 is 1. The molecule has 1 aliphatic heterocycles. The molecular formula is C15H18INO4. The molecule has 0 aliphatic carbocycles. The van der Waals surface area contributed by atoms with Crippen molar-refractivity contribution < 1.29 is 19.1 Å². The number of nitrogens with zero attached hydrogens (tertiary/aromatic N) is 1. The van der Waals surface area contributed by atoms with E-state index in [1.807, 2.05) is 0 Å². The predicted molar refractivity (Wildman–Crippen MR) is 86.4 cm³/mol. The summed E-state index contributed by atoms with van der Waals surface area (Å²) in [6.07, 6.45) is 1.49. The molecule has 1 aromatic rings. The lowest BCUT2D eigenvalue weighted by atomic mass is 10.1. The first-order chi connectivity index (χ1) is 10.1.